The van der Waals surface area contributed by atoms with E-state index in [-0.39, 0.29) is 17.6 Å². The van der Waals surface area contributed by atoms with E-state index in [9.17, 15) is 13.2 Å². The van der Waals surface area contributed by atoms with Gasteiger partial charge in [-0.05, 0) is 24.6 Å². The molecule has 1 aromatic carbocycles. The van der Waals surface area contributed by atoms with Gasteiger partial charge in [0.05, 0.1) is 22.2 Å². The lowest BCUT2D eigenvalue weighted by molar-refractivity contribution is -0.118. The molecule has 2 rings (SSSR count). The van der Waals surface area contributed by atoms with Crippen LogP contribution in [-0.4, -0.2) is 26.6 Å². The van der Waals surface area contributed by atoms with Crippen LogP contribution in [0.1, 0.15) is 20.3 Å². The summed E-state index contributed by atoms with van der Waals surface area (Å²) < 4.78 is 25.0. The summed E-state index contributed by atoms with van der Waals surface area (Å²) in [7, 11) is -3.22. The van der Waals surface area contributed by atoms with E-state index in [4.69, 9.17) is 11.6 Å². The molecule has 1 N–H and O–H groups in total. The van der Waals surface area contributed by atoms with Gasteiger partial charge in [0.15, 0.2) is 0 Å². The van der Waals surface area contributed by atoms with Gasteiger partial charge in [0.1, 0.15) is 0 Å². The van der Waals surface area contributed by atoms with Gasteiger partial charge in [0.25, 0.3) is 0 Å². The Kier molecular flexibility index (Phi) is 4.25. The van der Waals surface area contributed by atoms with Crippen LogP contribution < -0.4 is 9.62 Å². The monoisotopic (exact) mass is 316 g/mol. The van der Waals surface area contributed by atoms with Crippen molar-refractivity contribution in [3.63, 3.8) is 0 Å². The Morgan fingerprint density at radius 1 is 1.40 bits per heavy atom. The predicted molar refractivity (Wildman–Crippen MR) is 80.7 cm³/mol. The number of hydrogen-bond donors (Lipinski definition) is 1. The van der Waals surface area contributed by atoms with Crippen LogP contribution in [0.15, 0.2) is 18.2 Å². The van der Waals surface area contributed by atoms with Crippen LogP contribution in [0.3, 0.4) is 0 Å². The van der Waals surface area contributed by atoms with Crippen molar-refractivity contribution < 1.29 is 13.2 Å². The largest absolute Gasteiger partial charge is 0.325 e. The van der Waals surface area contributed by atoms with Crippen LogP contribution >= 0.6 is 11.6 Å². The van der Waals surface area contributed by atoms with Gasteiger partial charge in [-0.1, -0.05) is 25.4 Å². The van der Waals surface area contributed by atoms with Crippen molar-refractivity contribution in [3.8, 4) is 0 Å². The van der Waals surface area contributed by atoms with E-state index in [0.717, 1.165) is 0 Å². The number of amides is 1. The number of carbonyl (C=O) groups is 1. The highest BCUT2D eigenvalue weighted by molar-refractivity contribution is 7.93. The molecule has 1 heterocycles. The zero-order chi connectivity index (χ0) is 14.9. The lowest BCUT2D eigenvalue weighted by Crippen LogP contribution is -2.25. The van der Waals surface area contributed by atoms with Gasteiger partial charge in [-0.15, -0.1) is 0 Å². The first kappa shape index (κ1) is 15.1. The van der Waals surface area contributed by atoms with E-state index in [0.29, 0.717) is 29.4 Å². The van der Waals surface area contributed by atoms with Crippen LogP contribution in [-0.2, 0) is 14.8 Å². The first-order valence-electron chi connectivity index (χ1n) is 6.42. The topological polar surface area (TPSA) is 66.5 Å². The summed E-state index contributed by atoms with van der Waals surface area (Å²) in [5.41, 5.74) is 1.03. The molecule has 0 atom stereocenters. The molecule has 7 heteroatoms. The van der Waals surface area contributed by atoms with E-state index in [1.807, 2.05) is 0 Å². The molecule has 5 nitrogen and oxygen atoms in total. The molecular formula is C13H17ClN2O3S. The second kappa shape index (κ2) is 5.61. The first-order chi connectivity index (χ1) is 9.31. The van der Waals surface area contributed by atoms with Crippen LogP contribution in [0, 0.1) is 5.92 Å². The number of sulfonamides is 1. The molecule has 110 valence electrons. The van der Waals surface area contributed by atoms with Crippen LogP contribution in [0.4, 0.5) is 11.4 Å². The molecule has 1 saturated heterocycles. The Hall–Kier alpha value is -1.27. The van der Waals surface area contributed by atoms with Crippen molar-refractivity contribution in [2.45, 2.75) is 20.3 Å². The van der Waals surface area contributed by atoms with Crippen molar-refractivity contribution in [1.82, 2.24) is 0 Å². The Morgan fingerprint density at radius 2 is 2.10 bits per heavy atom. The van der Waals surface area contributed by atoms with Gasteiger partial charge in [-0.25, -0.2) is 8.42 Å². The van der Waals surface area contributed by atoms with Gasteiger partial charge in [-0.2, -0.15) is 0 Å². The zero-order valence-corrected chi connectivity index (χ0v) is 13.0. The fourth-order valence-electron chi connectivity index (χ4n) is 1.97. The van der Waals surface area contributed by atoms with Gasteiger partial charge in [0, 0.05) is 12.5 Å². The van der Waals surface area contributed by atoms with Crippen molar-refractivity contribution in [1.29, 1.82) is 0 Å². The van der Waals surface area contributed by atoms with E-state index >= 15 is 0 Å². The molecule has 1 amide bonds. The summed E-state index contributed by atoms with van der Waals surface area (Å²) in [6.45, 7) is 4.04. The Bertz CT molecular complexity index is 629. The van der Waals surface area contributed by atoms with Crippen LogP contribution in [0.2, 0.25) is 5.02 Å². The number of nitrogens with one attached hydrogen (secondary N) is 1. The third kappa shape index (κ3) is 3.07. The maximum Gasteiger partial charge on any atom is 0.235 e. The predicted octanol–water partition coefficient (Wildman–Crippen LogP) is 2.47. The number of carbonyl (C=O) groups excluding carboxylic acids is 1. The van der Waals surface area contributed by atoms with Crippen LogP contribution in [0.5, 0.6) is 0 Å². The van der Waals surface area contributed by atoms with Crippen LogP contribution in [0.25, 0.3) is 0 Å². The van der Waals surface area contributed by atoms with E-state index in [2.05, 4.69) is 5.32 Å². The second-order valence-electron chi connectivity index (χ2n) is 5.05. The summed E-state index contributed by atoms with van der Waals surface area (Å²) in [4.78, 5) is 11.6. The molecule has 0 radical (unpaired) electrons. The van der Waals surface area contributed by atoms with E-state index in [1.54, 1.807) is 32.0 Å². The molecule has 1 aliphatic rings. The number of nitrogens with zero attached hydrogens (tertiary/aromatic N) is 1. The average molecular weight is 317 g/mol. The average Bonchev–Trinajstić information content (AvgIpc) is 2.71. The molecule has 0 aliphatic carbocycles. The highest BCUT2D eigenvalue weighted by Gasteiger charge is 2.28. The summed E-state index contributed by atoms with van der Waals surface area (Å²) in [6, 6.07) is 4.86. The normalized spacial score (nSPS) is 17.5. The van der Waals surface area contributed by atoms with Gasteiger partial charge < -0.3 is 5.32 Å². The van der Waals surface area contributed by atoms with Gasteiger partial charge in [0.2, 0.25) is 15.9 Å². The molecule has 20 heavy (non-hydrogen) atoms. The number of anilines is 2. The number of halogens is 1. The smallest absolute Gasteiger partial charge is 0.235 e. The molecule has 0 bridgehead atoms. The standard InChI is InChI=1S/C13H17ClN2O3S/c1-9(2)13(17)15-12-5-4-10(8-11(12)14)16-6-3-7-20(16,18)19/h4-5,8-9H,3,6-7H2,1-2H3,(H,15,17). The number of hydrogen-bond acceptors (Lipinski definition) is 3. The molecule has 0 aromatic heterocycles. The highest BCUT2D eigenvalue weighted by Crippen LogP contribution is 2.31. The minimum atomic E-state index is -3.22. The van der Waals surface area contributed by atoms with Crippen molar-refractivity contribution in [3.05, 3.63) is 23.2 Å². The number of rotatable bonds is 3. The zero-order valence-electron chi connectivity index (χ0n) is 11.4. The van der Waals surface area contributed by atoms with Crippen molar-refractivity contribution in [2.24, 2.45) is 5.92 Å². The minimum Gasteiger partial charge on any atom is -0.325 e. The lowest BCUT2D eigenvalue weighted by atomic mass is 10.2. The highest BCUT2D eigenvalue weighted by atomic mass is 35.5. The Labute approximate surface area is 124 Å². The molecule has 1 aromatic rings. The molecular weight excluding hydrogens is 300 g/mol. The van der Waals surface area contributed by atoms with E-state index < -0.39 is 10.0 Å². The fraction of sp³-hybridized carbons (Fsp3) is 0.462. The maximum atomic E-state index is 11.8. The summed E-state index contributed by atoms with van der Waals surface area (Å²) in [5, 5.41) is 3.04. The molecule has 0 unspecified atom stereocenters. The minimum absolute atomic E-state index is 0.131. The lowest BCUT2D eigenvalue weighted by Gasteiger charge is -2.18. The summed E-state index contributed by atoms with van der Waals surface area (Å²) in [5.74, 6) is -0.116. The molecule has 1 aliphatic heterocycles. The van der Waals surface area contributed by atoms with Crippen molar-refractivity contribution >= 4 is 38.9 Å². The Balaban J connectivity index is 2.24. The maximum absolute atomic E-state index is 11.8. The third-order valence-corrected chi connectivity index (χ3v) is 5.30. The summed E-state index contributed by atoms with van der Waals surface area (Å²) in [6.07, 6.45) is 0.617. The SMILES string of the molecule is CC(C)C(=O)Nc1ccc(N2CCCS2(=O)=O)cc1Cl. The molecule has 1 fully saturated rings. The number of benzene rings is 1. The van der Waals surface area contributed by atoms with E-state index in [1.165, 1.54) is 4.31 Å². The third-order valence-electron chi connectivity index (χ3n) is 3.12. The first-order valence-corrected chi connectivity index (χ1v) is 8.41. The van der Waals surface area contributed by atoms with Gasteiger partial charge >= 0.3 is 0 Å². The summed E-state index contributed by atoms with van der Waals surface area (Å²) >= 11 is 6.11. The Morgan fingerprint density at radius 3 is 2.60 bits per heavy atom. The quantitative estimate of drug-likeness (QED) is 0.931. The molecule has 0 spiro atoms. The van der Waals surface area contributed by atoms with Gasteiger partial charge in [-0.3, -0.25) is 9.10 Å². The fourth-order valence-corrected chi connectivity index (χ4v) is 3.75. The molecule has 0 saturated carbocycles. The second-order valence-corrected chi connectivity index (χ2v) is 7.47. The van der Waals surface area contributed by atoms with Crippen molar-refractivity contribution in [2.75, 3.05) is 21.9 Å².